The normalized spacial score (nSPS) is 19.4. The van der Waals surface area contributed by atoms with Gasteiger partial charge in [0.15, 0.2) is 5.96 Å². The maximum atomic E-state index is 6.55. The van der Waals surface area contributed by atoms with Crippen molar-refractivity contribution in [2.45, 2.75) is 76.3 Å². The fourth-order valence-electron chi connectivity index (χ4n) is 4.87. The maximum Gasteiger partial charge on any atom is 0.191 e. The second kappa shape index (κ2) is 10.00. The van der Waals surface area contributed by atoms with Gasteiger partial charge in [-0.1, -0.05) is 68.9 Å². The highest BCUT2D eigenvalue weighted by atomic mass is 16.5. The van der Waals surface area contributed by atoms with Crippen molar-refractivity contribution < 1.29 is 4.74 Å². The molecular formula is C25H35N3O. The molecule has 2 saturated carbocycles. The van der Waals surface area contributed by atoms with Crippen molar-refractivity contribution in [2.24, 2.45) is 10.7 Å². The third-order valence-corrected chi connectivity index (χ3v) is 6.52. The van der Waals surface area contributed by atoms with Crippen molar-refractivity contribution in [3.05, 3.63) is 42.5 Å². The number of ether oxygens (including phenoxy) is 1. The van der Waals surface area contributed by atoms with Gasteiger partial charge in [-0.3, -0.25) is 0 Å². The van der Waals surface area contributed by atoms with Crippen molar-refractivity contribution in [1.82, 2.24) is 4.90 Å². The Hall–Kier alpha value is -2.23. The lowest BCUT2D eigenvalue weighted by Gasteiger charge is -2.35. The van der Waals surface area contributed by atoms with Gasteiger partial charge < -0.3 is 15.4 Å². The van der Waals surface area contributed by atoms with Crippen LogP contribution >= 0.6 is 0 Å². The Morgan fingerprint density at radius 1 is 0.897 bits per heavy atom. The lowest BCUT2D eigenvalue weighted by atomic mass is 9.94. The highest BCUT2D eigenvalue weighted by Crippen LogP contribution is 2.25. The minimum Gasteiger partial charge on any atom is -0.492 e. The Morgan fingerprint density at radius 3 is 2.34 bits per heavy atom. The van der Waals surface area contributed by atoms with E-state index in [4.69, 9.17) is 15.5 Å². The van der Waals surface area contributed by atoms with Crippen molar-refractivity contribution in [2.75, 3.05) is 13.2 Å². The minimum absolute atomic E-state index is 0.413. The van der Waals surface area contributed by atoms with Gasteiger partial charge in [0.05, 0.1) is 12.6 Å². The van der Waals surface area contributed by atoms with E-state index in [9.17, 15) is 0 Å². The Morgan fingerprint density at radius 2 is 1.59 bits per heavy atom. The molecule has 0 aliphatic heterocycles. The Balaban J connectivity index is 1.40. The average Bonchev–Trinajstić information content (AvgIpc) is 2.78. The first kappa shape index (κ1) is 20.1. The van der Waals surface area contributed by atoms with Crippen LogP contribution in [0.4, 0.5) is 0 Å². The predicted octanol–water partition coefficient (Wildman–Crippen LogP) is 5.50. The molecule has 0 unspecified atom stereocenters. The highest BCUT2D eigenvalue weighted by Gasteiger charge is 2.24. The van der Waals surface area contributed by atoms with E-state index in [2.05, 4.69) is 47.4 Å². The lowest BCUT2D eigenvalue weighted by Crippen LogP contribution is -2.48. The van der Waals surface area contributed by atoms with Gasteiger partial charge in [0.25, 0.3) is 0 Å². The third kappa shape index (κ3) is 5.43. The van der Waals surface area contributed by atoms with Gasteiger partial charge in [0.1, 0.15) is 12.4 Å². The monoisotopic (exact) mass is 393 g/mol. The lowest BCUT2D eigenvalue weighted by molar-refractivity contribution is 0.198. The predicted molar refractivity (Wildman–Crippen MR) is 122 cm³/mol. The largest absolute Gasteiger partial charge is 0.492 e. The van der Waals surface area contributed by atoms with Crippen molar-refractivity contribution >= 4 is 16.7 Å². The first-order valence-electron chi connectivity index (χ1n) is 11.5. The summed E-state index contributed by atoms with van der Waals surface area (Å²) in [7, 11) is 0. The Labute approximate surface area is 175 Å². The molecule has 29 heavy (non-hydrogen) atoms. The Kier molecular flexibility index (Phi) is 6.91. The Bertz CT molecular complexity index is 807. The molecule has 0 heterocycles. The van der Waals surface area contributed by atoms with E-state index in [-0.39, 0.29) is 0 Å². The molecule has 0 radical (unpaired) electrons. The summed E-state index contributed by atoms with van der Waals surface area (Å²) in [5.41, 5.74) is 6.55. The summed E-state index contributed by atoms with van der Waals surface area (Å²) in [5, 5.41) is 2.46. The average molecular weight is 394 g/mol. The topological polar surface area (TPSA) is 50.8 Å². The molecule has 0 amide bonds. The van der Waals surface area contributed by atoms with Gasteiger partial charge >= 0.3 is 0 Å². The zero-order chi connectivity index (χ0) is 19.9. The summed E-state index contributed by atoms with van der Waals surface area (Å²) in [5.74, 6) is 1.67. The summed E-state index contributed by atoms with van der Waals surface area (Å²) < 4.78 is 6.12. The van der Waals surface area contributed by atoms with E-state index in [0.29, 0.717) is 18.7 Å². The van der Waals surface area contributed by atoms with Crippen LogP contribution < -0.4 is 10.5 Å². The molecule has 2 aliphatic rings. The number of nitrogens with zero attached hydrogens (tertiary/aromatic N) is 2. The molecule has 4 heteroatoms. The molecule has 2 fully saturated rings. The standard InChI is InChI=1S/C25H35N3O/c26-25(27-22-11-3-1-4-12-22)28(23-13-5-2-6-14-23)17-18-29-24-16-15-20-9-7-8-10-21(20)19-24/h7-10,15-16,19,22-23H,1-6,11-14,17-18H2,(H2,26,27). The van der Waals surface area contributed by atoms with Crippen molar-refractivity contribution in [1.29, 1.82) is 0 Å². The van der Waals surface area contributed by atoms with Crippen molar-refractivity contribution in [3.63, 3.8) is 0 Å². The van der Waals surface area contributed by atoms with Crippen LogP contribution in [0.25, 0.3) is 10.8 Å². The molecule has 0 spiro atoms. The first-order valence-corrected chi connectivity index (χ1v) is 11.5. The van der Waals surface area contributed by atoms with Crippen LogP contribution in [-0.4, -0.2) is 36.1 Å². The molecule has 2 aromatic carbocycles. The molecule has 4 nitrogen and oxygen atoms in total. The van der Waals surface area contributed by atoms with Gasteiger partial charge in [-0.25, -0.2) is 4.99 Å². The summed E-state index contributed by atoms with van der Waals surface area (Å²) in [4.78, 5) is 7.28. The van der Waals surface area contributed by atoms with Gasteiger partial charge in [-0.05, 0) is 48.6 Å². The number of guanidine groups is 1. The van der Waals surface area contributed by atoms with Crippen LogP contribution in [-0.2, 0) is 0 Å². The quantitative estimate of drug-likeness (QED) is 0.521. The molecular weight excluding hydrogens is 358 g/mol. The molecule has 4 rings (SSSR count). The van der Waals surface area contributed by atoms with E-state index >= 15 is 0 Å². The van der Waals surface area contributed by atoms with E-state index in [1.807, 2.05) is 0 Å². The fourth-order valence-corrected chi connectivity index (χ4v) is 4.87. The van der Waals surface area contributed by atoms with Crippen LogP contribution in [0.3, 0.4) is 0 Å². The fraction of sp³-hybridized carbons (Fsp3) is 0.560. The molecule has 2 N–H and O–H groups in total. The van der Waals surface area contributed by atoms with E-state index in [0.717, 1.165) is 18.3 Å². The number of aliphatic imine (C=N–C) groups is 1. The number of nitrogens with two attached hydrogens (primary N) is 1. The van der Waals surface area contributed by atoms with Crippen LogP contribution in [0.2, 0.25) is 0 Å². The smallest absolute Gasteiger partial charge is 0.191 e. The van der Waals surface area contributed by atoms with Crippen LogP contribution in [0.15, 0.2) is 47.5 Å². The number of fused-ring (bicyclic) bond motifs is 1. The van der Waals surface area contributed by atoms with E-state index < -0.39 is 0 Å². The maximum absolute atomic E-state index is 6.55. The van der Waals surface area contributed by atoms with Gasteiger partial charge in [-0.2, -0.15) is 0 Å². The minimum atomic E-state index is 0.413. The molecule has 0 bridgehead atoms. The zero-order valence-electron chi connectivity index (χ0n) is 17.6. The molecule has 0 saturated heterocycles. The molecule has 0 aromatic heterocycles. The van der Waals surface area contributed by atoms with E-state index in [1.54, 1.807) is 0 Å². The molecule has 2 aromatic rings. The third-order valence-electron chi connectivity index (χ3n) is 6.52. The summed E-state index contributed by atoms with van der Waals surface area (Å²) in [6, 6.07) is 15.6. The highest BCUT2D eigenvalue weighted by molar-refractivity contribution is 5.83. The van der Waals surface area contributed by atoms with Crippen LogP contribution in [0, 0.1) is 0 Å². The van der Waals surface area contributed by atoms with Crippen LogP contribution in [0.1, 0.15) is 64.2 Å². The molecule has 0 atom stereocenters. The summed E-state index contributed by atoms with van der Waals surface area (Å²) in [6.07, 6.45) is 12.7. The number of hydrogen-bond acceptors (Lipinski definition) is 2. The van der Waals surface area contributed by atoms with E-state index in [1.165, 1.54) is 75.0 Å². The van der Waals surface area contributed by atoms with Gasteiger partial charge in [0, 0.05) is 6.04 Å². The number of rotatable bonds is 6. The second-order valence-corrected chi connectivity index (χ2v) is 8.62. The zero-order valence-corrected chi connectivity index (χ0v) is 17.6. The van der Waals surface area contributed by atoms with Gasteiger partial charge in [0.2, 0.25) is 0 Å². The SMILES string of the molecule is NC(=NC1CCCCC1)N(CCOc1ccc2ccccc2c1)C1CCCCC1. The van der Waals surface area contributed by atoms with Gasteiger partial charge in [-0.15, -0.1) is 0 Å². The second-order valence-electron chi connectivity index (χ2n) is 8.62. The first-order chi connectivity index (χ1) is 14.3. The number of hydrogen-bond donors (Lipinski definition) is 1. The summed E-state index contributed by atoms with van der Waals surface area (Å²) in [6.45, 7) is 1.44. The number of benzene rings is 2. The molecule has 2 aliphatic carbocycles. The molecule has 156 valence electrons. The van der Waals surface area contributed by atoms with Crippen LogP contribution in [0.5, 0.6) is 5.75 Å². The summed E-state index contributed by atoms with van der Waals surface area (Å²) >= 11 is 0. The van der Waals surface area contributed by atoms with Crippen molar-refractivity contribution in [3.8, 4) is 5.75 Å².